The standard InChI is InChI=1S/C27H25FN4O5S2/c1-27(2,3)14-6-4-13(5-7-14)18-19-20(23(35)32(22(19)34)25(29)36)38-24-21(18)39-26(37)31(24)12-17(33)30-16-10-8-15(28)9-11-16/h4-11,18-20H,12H2,1-3H3,(H2,29,36)(H,30,33)/t18-,19?,20?/m0/s1. The van der Waals surface area contributed by atoms with E-state index in [-0.39, 0.29) is 12.0 Å². The molecule has 2 aliphatic rings. The number of carbonyl (C=O) groups excluding carboxylic acids is 4. The molecule has 0 spiro atoms. The first-order valence-corrected chi connectivity index (χ1v) is 13.8. The summed E-state index contributed by atoms with van der Waals surface area (Å²) in [6.45, 7) is 5.85. The molecular formula is C27H25FN4O5S2. The maximum atomic E-state index is 13.3. The number of anilines is 1. The summed E-state index contributed by atoms with van der Waals surface area (Å²) < 4.78 is 14.5. The summed E-state index contributed by atoms with van der Waals surface area (Å²) in [5.41, 5.74) is 7.37. The van der Waals surface area contributed by atoms with E-state index in [9.17, 15) is 28.4 Å². The van der Waals surface area contributed by atoms with Gasteiger partial charge in [-0.05, 0) is 40.8 Å². The Hall–Kier alpha value is -3.77. The Bertz CT molecular complexity index is 1560. The van der Waals surface area contributed by atoms with Crippen LogP contribution < -0.4 is 15.9 Å². The van der Waals surface area contributed by atoms with Gasteiger partial charge in [-0.2, -0.15) is 4.90 Å². The highest BCUT2D eigenvalue weighted by Gasteiger charge is 2.57. The van der Waals surface area contributed by atoms with E-state index in [1.807, 2.05) is 24.3 Å². The molecule has 3 N–H and O–H groups in total. The minimum absolute atomic E-state index is 0.122. The molecule has 39 heavy (non-hydrogen) atoms. The summed E-state index contributed by atoms with van der Waals surface area (Å²) in [6, 6.07) is 11.7. The zero-order chi connectivity index (χ0) is 28.2. The van der Waals surface area contributed by atoms with E-state index in [0.29, 0.717) is 26.1 Å². The first-order valence-electron chi connectivity index (χ1n) is 12.1. The van der Waals surface area contributed by atoms with Gasteiger partial charge in [0.25, 0.3) is 5.91 Å². The van der Waals surface area contributed by atoms with Gasteiger partial charge in [-0.1, -0.05) is 68.1 Å². The van der Waals surface area contributed by atoms with Gasteiger partial charge in [-0.15, -0.1) is 0 Å². The van der Waals surface area contributed by atoms with Crippen LogP contribution in [-0.2, 0) is 26.3 Å². The Morgan fingerprint density at radius 1 is 1.00 bits per heavy atom. The van der Waals surface area contributed by atoms with Crippen LogP contribution in [0.5, 0.6) is 0 Å². The van der Waals surface area contributed by atoms with Crippen molar-refractivity contribution in [3.05, 3.63) is 80.0 Å². The Balaban J connectivity index is 1.56. The minimum atomic E-state index is -1.15. The normalized spacial score (nSPS) is 20.5. The summed E-state index contributed by atoms with van der Waals surface area (Å²) >= 11 is 1.89. The number of primary amides is 1. The second-order valence-corrected chi connectivity index (χ2v) is 12.6. The fourth-order valence-electron chi connectivity index (χ4n) is 4.90. The number of amides is 5. The van der Waals surface area contributed by atoms with E-state index in [4.69, 9.17) is 5.73 Å². The average Bonchev–Trinajstić information content (AvgIpc) is 3.31. The first kappa shape index (κ1) is 26.8. The molecule has 2 aromatic carbocycles. The highest BCUT2D eigenvalue weighted by Crippen LogP contribution is 2.53. The van der Waals surface area contributed by atoms with Gasteiger partial charge in [0.2, 0.25) is 11.8 Å². The molecule has 5 amide bonds. The van der Waals surface area contributed by atoms with Crippen LogP contribution in [0.4, 0.5) is 14.9 Å². The molecule has 2 aliphatic heterocycles. The maximum absolute atomic E-state index is 13.3. The van der Waals surface area contributed by atoms with E-state index < -0.39 is 51.5 Å². The summed E-state index contributed by atoms with van der Waals surface area (Å²) in [7, 11) is 0. The number of rotatable bonds is 4. The van der Waals surface area contributed by atoms with Crippen molar-refractivity contribution in [2.24, 2.45) is 11.7 Å². The van der Waals surface area contributed by atoms with Crippen molar-refractivity contribution in [3.63, 3.8) is 0 Å². The summed E-state index contributed by atoms with van der Waals surface area (Å²) in [5, 5.41) is 2.02. The van der Waals surface area contributed by atoms with E-state index in [1.165, 1.54) is 28.8 Å². The van der Waals surface area contributed by atoms with Gasteiger partial charge in [-0.25, -0.2) is 9.18 Å². The molecule has 0 bridgehead atoms. The van der Waals surface area contributed by atoms with Gasteiger partial charge in [0, 0.05) is 16.5 Å². The van der Waals surface area contributed by atoms with Crippen molar-refractivity contribution in [1.29, 1.82) is 0 Å². The molecule has 1 aromatic heterocycles. The van der Waals surface area contributed by atoms with Crippen LogP contribution in [0.1, 0.15) is 42.7 Å². The molecule has 3 aromatic rings. The quantitative estimate of drug-likeness (QED) is 0.462. The van der Waals surface area contributed by atoms with Gasteiger partial charge in [0.05, 0.1) is 10.9 Å². The van der Waals surface area contributed by atoms with Crippen molar-refractivity contribution >= 4 is 52.5 Å². The largest absolute Gasteiger partial charge is 0.351 e. The predicted octanol–water partition coefficient (Wildman–Crippen LogP) is 3.66. The summed E-state index contributed by atoms with van der Waals surface area (Å²) in [5.74, 6) is -4.06. The van der Waals surface area contributed by atoms with Crippen molar-refractivity contribution in [2.45, 2.75) is 48.9 Å². The average molecular weight is 569 g/mol. The predicted molar refractivity (Wildman–Crippen MR) is 145 cm³/mol. The molecule has 0 radical (unpaired) electrons. The number of aromatic nitrogens is 1. The Kier molecular flexibility index (Phi) is 6.71. The molecule has 1 fully saturated rings. The van der Waals surface area contributed by atoms with Crippen molar-refractivity contribution in [2.75, 3.05) is 5.32 Å². The number of halogens is 1. The number of benzene rings is 2. The fraction of sp³-hybridized carbons (Fsp3) is 0.296. The van der Waals surface area contributed by atoms with Crippen LogP contribution in [-0.4, -0.2) is 38.5 Å². The van der Waals surface area contributed by atoms with Gasteiger partial charge in [-0.3, -0.25) is 23.7 Å². The van der Waals surface area contributed by atoms with Crippen LogP contribution >= 0.6 is 23.1 Å². The van der Waals surface area contributed by atoms with E-state index in [2.05, 4.69) is 26.1 Å². The number of thiazole rings is 1. The molecule has 9 nitrogen and oxygen atoms in total. The van der Waals surface area contributed by atoms with Crippen molar-refractivity contribution in [1.82, 2.24) is 9.47 Å². The molecule has 3 heterocycles. The minimum Gasteiger partial charge on any atom is -0.351 e. The number of likely N-dealkylation sites (tertiary alicyclic amines) is 1. The van der Waals surface area contributed by atoms with Crippen molar-refractivity contribution < 1.29 is 23.6 Å². The Morgan fingerprint density at radius 2 is 1.64 bits per heavy atom. The topological polar surface area (TPSA) is 132 Å². The van der Waals surface area contributed by atoms with E-state index >= 15 is 0 Å². The summed E-state index contributed by atoms with van der Waals surface area (Å²) in [6.07, 6.45) is 0. The monoisotopic (exact) mass is 568 g/mol. The molecule has 202 valence electrons. The lowest BCUT2D eigenvalue weighted by Gasteiger charge is -2.31. The molecule has 2 unspecified atom stereocenters. The number of nitrogens with two attached hydrogens (primary N) is 1. The first-order chi connectivity index (χ1) is 18.4. The van der Waals surface area contributed by atoms with Gasteiger partial charge in [0.15, 0.2) is 0 Å². The number of urea groups is 1. The number of nitrogens with one attached hydrogen (secondary N) is 1. The van der Waals surface area contributed by atoms with Crippen LogP contribution in [0, 0.1) is 11.7 Å². The number of fused-ring (bicyclic) bond motifs is 2. The summed E-state index contributed by atoms with van der Waals surface area (Å²) in [4.78, 5) is 65.0. The number of hydrogen-bond donors (Lipinski definition) is 2. The van der Waals surface area contributed by atoms with Gasteiger partial charge in [0.1, 0.15) is 17.6 Å². The number of thioether (sulfide) groups is 1. The molecule has 3 atom stereocenters. The molecule has 5 rings (SSSR count). The van der Waals surface area contributed by atoms with Gasteiger partial charge >= 0.3 is 10.9 Å². The SMILES string of the molecule is CC(C)(C)c1ccc([C@@H]2c3sc(=O)n(CC(=O)Nc4ccc(F)cc4)c3SC3C(=O)N(C(N)=O)C(=O)C32)cc1. The Labute approximate surface area is 231 Å². The van der Waals surface area contributed by atoms with Crippen LogP contribution in [0.2, 0.25) is 0 Å². The molecule has 0 saturated carbocycles. The molecule has 0 aliphatic carbocycles. The second kappa shape index (κ2) is 9.76. The lowest BCUT2D eigenvalue weighted by molar-refractivity contribution is -0.135. The fourth-order valence-corrected chi connectivity index (χ4v) is 7.67. The third kappa shape index (κ3) is 4.78. The number of carbonyl (C=O) groups is 4. The maximum Gasteiger partial charge on any atom is 0.328 e. The zero-order valence-corrected chi connectivity index (χ0v) is 22.9. The van der Waals surface area contributed by atoms with Crippen molar-refractivity contribution in [3.8, 4) is 0 Å². The lowest BCUT2D eigenvalue weighted by Crippen LogP contribution is -2.41. The zero-order valence-electron chi connectivity index (χ0n) is 21.3. The number of nitrogens with zero attached hydrogens (tertiary/aromatic N) is 2. The highest BCUT2D eigenvalue weighted by atomic mass is 32.2. The van der Waals surface area contributed by atoms with Crippen LogP contribution in [0.25, 0.3) is 0 Å². The number of imide groups is 3. The third-order valence-electron chi connectivity index (χ3n) is 6.84. The number of hydrogen-bond acceptors (Lipinski definition) is 7. The molecule has 12 heteroatoms. The highest BCUT2D eigenvalue weighted by molar-refractivity contribution is 8.00. The third-order valence-corrected chi connectivity index (χ3v) is 9.44. The van der Waals surface area contributed by atoms with Crippen LogP contribution in [0.15, 0.2) is 58.4 Å². The molecular weight excluding hydrogens is 543 g/mol. The smallest absolute Gasteiger partial charge is 0.328 e. The lowest BCUT2D eigenvalue weighted by atomic mass is 9.81. The Morgan fingerprint density at radius 3 is 2.23 bits per heavy atom. The van der Waals surface area contributed by atoms with E-state index in [1.54, 1.807) is 0 Å². The second-order valence-electron chi connectivity index (χ2n) is 10.4. The van der Waals surface area contributed by atoms with Gasteiger partial charge < -0.3 is 11.1 Å². The molecule has 1 saturated heterocycles. The van der Waals surface area contributed by atoms with Crippen LogP contribution in [0.3, 0.4) is 0 Å². The van der Waals surface area contributed by atoms with E-state index in [0.717, 1.165) is 28.7 Å².